The number of terminal acetylenes is 1. The number of ether oxygens (including phenoxy) is 1. The molecule has 0 aliphatic carbocycles. The van der Waals surface area contributed by atoms with Crippen molar-refractivity contribution < 1.29 is 14.6 Å². The molecule has 3 heteroatoms. The number of aliphatic hydroxyl groups is 1. The summed E-state index contributed by atoms with van der Waals surface area (Å²) in [7, 11) is 0. The van der Waals surface area contributed by atoms with Crippen LogP contribution in [-0.2, 0) is 15.1 Å². The van der Waals surface area contributed by atoms with Crippen LogP contribution in [-0.4, -0.2) is 17.7 Å². The molecule has 1 aromatic rings. The highest BCUT2D eigenvalue weighted by atomic mass is 16.5. The van der Waals surface area contributed by atoms with Gasteiger partial charge in [0.2, 0.25) is 0 Å². The minimum atomic E-state index is -1.74. The molecule has 1 N–H and O–H groups in total. The summed E-state index contributed by atoms with van der Waals surface area (Å²) in [5.41, 5.74) is -1.29. The van der Waals surface area contributed by atoms with Gasteiger partial charge in [0.25, 0.3) is 0 Å². The van der Waals surface area contributed by atoms with E-state index in [1.165, 1.54) is 0 Å². The molecule has 84 valence electrons. The van der Waals surface area contributed by atoms with E-state index >= 15 is 0 Å². The summed E-state index contributed by atoms with van der Waals surface area (Å²) >= 11 is 0. The first-order chi connectivity index (χ1) is 7.65. The van der Waals surface area contributed by atoms with Crippen molar-refractivity contribution in [2.45, 2.75) is 18.9 Å². The molecule has 0 aliphatic rings. The first-order valence-corrected chi connectivity index (χ1v) is 5.03. The summed E-state index contributed by atoms with van der Waals surface area (Å²) in [6.07, 6.45) is 5.07. The molecule has 16 heavy (non-hydrogen) atoms. The summed E-state index contributed by atoms with van der Waals surface area (Å²) in [5.74, 6) is 1.59. The molecule has 3 nitrogen and oxygen atoms in total. The highest BCUT2D eigenvalue weighted by Gasteiger charge is 2.38. The van der Waals surface area contributed by atoms with Crippen LogP contribution in [0.25, 0.3) is 0 Å². The molecule has 0 unspecified atom stereocenters. The van der Waals surface area contributed by atoms with Crippen LogP contribution in [0, 0.1) is 12.3 Å². The second-order valence-electron chi connectivity index (χ2n) is 3.33. The minimum Gasteiger partial charge on any atom is -0.464 e. The van der Waals surface area contributed by atoms with Crippen LogP contribution in [0.3, 0.4) is 0 Å². The second kappa shape index (κ2) is 5.34. The fourth-order valence-corrected chi connectivity index (χ4v) is 1.40. The summed E-state index contributed by atoms with van der Waals surface area (Å²) in [6.45, 7) is 1.89. The monoisotopic (exact) mass is 218 g/mol. The minimum absolute atomic E-state index is 0.101. The molecule has 1 atom stereocenters. The molecule has 0 bridgehead atoms. The number of rotatable bonds is 4. The SMILES string of the molecule is C#CC[C@](O)(C(=O)OCC)c1ccccc1. The highest BCUT2D eigenvalue weighted by molar-refractivity contribution is 5.81. The van der Waals surface area contributed by atoms with Crippen LogP contribution in [0.5, 0.6) is 0 Å². The van der Waals surface area contributed by atoms with Crippen LogP contribution < -0.4 is 0 Å². The number of carbonyl (C=O) groups is 1. The van der Waals surface area contributed by atoms with Gasteiger partial charge in [0, 0.05) is 0 Å². The Morgan fingerprint density at radius 1 is 1.50 bits per heavy atom. The molecule has 1 aromatic carbocycles. The summed E-state index contributed by atoms with van der Waals surface area (Å²) in [4.78, 5) is 11.7. The molecule has 0 fully saturated rings. The molecule has 0 saturated heterocycles. The quantitative estimate of drug-likeness (QED) is 0.614. The average Bonchev–Trinajstić information content (AvgIpc) is 2.30. The molecule has 0 amide bonds. The third kappa shape index (κ3) is 2.41. The Bertz CT molecular complexity index is 391. The van der Waals surface area contributed by atoms with E-state index in [1.807, 2.05) is 0 Å². The molecule has 0 aromatic heterocycles. The molecular formula is C13H14O3. The van der Waals surface area contributed by atoms with Crippen molar-refractivity contribution in [1.29, 1.82) is 0 Å². The Kier molecular flexibility index (Phi) is 4.10. The van der Waals surface area contributed by atoms with Crippen LogP contribution >= 0.6 is 0 Å². The van der Waals surface area contributed by atoms with Gasteiger partial charge in [-0.25, -0.2) is 4.79 Å². The van der Waals surface area contributed by atoms with Crippen molar-refractivity contribution >= 4 is 5.97 Å². The van der Waals surface area contributed by atoms with Crippen LogP contribution in [0.4, 0.5) is 0 Å². The zero-order valence-corrected chi connectivity index (χ0v) is 9.14. The molecule has 0 radical (unpaired) electrons. The predicted molar refractivity (Wildman–Crippen MR) is 60.4 cm³/mol. The third-order valence-corrected chi connectivity index (χ3v) is 2.22. The maximum Gasteiger partial charge on any atom is 0.343 e. The van der Waals surface area contributed by atoms with Gasteiger partial charge >= 0.3 is 5.97 Å². The Labute approximate surface area is 95.1 Å². The smallest absolute Gasteiger partial charge is 0.343 e. The third-order valence-electron chi connectivity index (χ3n) is 2.22. The summed E-state index contributed by atoms with van der Waals surface area (Å²) in [6, 6.07) is 8.56. The summed E-state index contributed by atoms with van der Waals surface area (Å²) < 4.78 is 4.83. The second-order valence-corrected chi connectivity index (χ2v) is 3.33. The summed E-state index contributed by atoms with van der Waals surface area (Å²) in [5, 5.41) is 10.3. The van der Waals surface area contributed by atoms with Gasteiger partial charge in [0.05, 0.1) is 13.0 Å². The lowest BCUT2D eigenvalue weighted by Gasteiger charge is -2.24. The van der Waals surface area contributed by atoms with Crippen molar-refractivity contribution in [3.05, 3.63) is 35.9 Å². The number of benzene rings is 1. The van der Waals surface area contributed by atoms with Gasteiger partial charge in [-0.05, 0) is 12.5 Å². The van der Waals surface area contributed by atoms with Crippen molar-refractivity contribution in [2.75, 3.05) is 6.61 Å². The number of hydrogen-bond acceptors (Lipinski definition) is 3. The van der Waals surface area contributed by atoms with Crippen molar-refractivity contribution in [1.82, 2.24) is 0 Å². The molecule has 0 saturated carbocycles. The van der Waals surface area contributed by atoms with Crippen LogP contribution in [0.2, 0.25) is 0 Å². The maximum atomic E-state index is 11.7. The van der Waals surface area contributed by atoms with Gasteiger partial charge in [-0.2, -0.15) is 0 Å². The van der Waals surface area contributed by atoms with Crippen molar-refractivity contribution in [2.24, 2.45) is 0 Å². The largest absolute Gasteiger partial charge is 0.464 e. The topological polar surface area (TPSA) is 46.5 Å². The number of hydrogen-bond donors (Lipinski definition) is 1. The van der Waals surface area contributed by atoms with E-state index in [1.54, 1.807) is 37.3 Å². The van der Waals surface area contributed by atoms with E-state index in [4.69, 9.17) is 11.2 Å². The molecular weight excluding hydrogens is 204 g/mol. The lowest BCUT2D eigenvalue weighted by molar-refractivity contribution is -0.165. The zero-order chi connectivity index (χ0) is 12.0. The number of esters is 1. The van der Waals surface area contributed by atoms with Crippen LogP contribution in [0.15, 0.2) is 30.3 Å². The van der Waals surface area contributed by atoms with E-state index in [2.05, 4.69) is 5.92 Å². The first-order valence-electron chi connectivity index (χ1n) is 5.03. The average molecular weight is 218 g/mol. The van der Waals surface area contributed by atoms with Gasteiger partial charge in [-0.15, -0.1) is 12.3 Å². The molecule has 0 aliphatic heterocycles. The van der Waals surface area contributed by atoms with Crippen molar-refractivity contribution in [3.63, 3.8) is 0 Å². The van der Waals surface area contributed by atoms with Crippen molar-refractivity contribution in [3.8, 4) is 12.3 Å². The normalized spacial score (nSPS) is 13.6. The standard InChI is InChI=1S/C13H14O3/c1-3-10-13(15,12(14)16-4-2)11-8-6-5-7-9-11/h1,5-9,15H,4,10H2,2H3/t13-/m1/s1. The van der Waals surface area contributed by atoms with E-state index in [0.29, 0.717) is 5.56 Å². The fourth-order valence-electron chi connectivity index (χ4n) is 1.40. The van der Waals surface area contributed by atoms with E-state index in [0.717, 1.165) is 0 Å². The van der Waals surface area contributed by atoms with Crippen LogP contribution in [0.1, 0.15) is 18.9 Å². The van der Waals surface area contributed by atoms with Gasteiger partial charge in [-0.3, -0.25) is 0 Å². The fraction of sp³-hybridized carbons (Fsp3) is 0.308. The van der Waals surface area contributed by atoms with E-state index in [-0.39, 0.29) is 13.0 Å². The van der Waals surface area contributed by atoms with Gasteiger partial charge in [0.15, 0.2) is 5.60 Å². The lowest BCUT2D eigenvalue weighted by Crippen LogP contribution is -2.37. The predicted octanol–water partition coefficient (Wildman–Crippen LogP) is 1.46. The van der Waals surface area contributed by atoms with Gasteiger partial charge in [-0.1, -0.05) is 30.3 Å². The molecule has 1 rings (SSSR count). The van der Waals surface area contributed by atoms with E-state index < -0.39 is 11.6 Å². The Hall–Kier alpha value is -1.79. The molecule has 0 spiro atoms. The zero-order valence-electron chi connectivity index (χ0n) is 9.14. The Morgan fingerprint density at radius 3 is 2.62 bits per heavy atom. The van der Waals surface area contributed by atoms with E-state index in [9.17, 15) is 9.90 Å². The number of carbonyl (C=O) groups excluding carboxylic acids is 1. The Balaban J connectivity index is 3.07. The highest BCUT2D eigenvalue weighted by Crippen LogP contribution is 2.26. The Morgan fingerprint density at radius 2 is 2.12 bits per heavy atom. The van der Waals surface area contributed by atoms with Gasteiger partial charge < -0.3 is 9.84 Å². The lowest BCUT2D eigenvalue weighted by atomic mass is 9.91. The first kappa shape index (κ1) is 12.3. The maximum absolute atomic E-state index is 11.7. The van der Waals surface area contributed by atoms with Gasteiger partial charge in [0.1, 0.15) is 0 Å². The molecule has 0 heterocycles.